The van der Waals surface area contributed by atoms with E-state index in [1.807, 2.05) is 32.0 Å². The minimum Gasteiger partial charge on any atom is -0.497 e. The van der Waals surface area contributed by atoms with Gasteiger partial charge in [0.15, 0.2) is 5.82 Å². The molecule has 9 nitrogen and oxygen atoms in total. The summed E-state index contributed by atoms with van der Waals surface area (Å²) in [5, 5.41) is 11.3. The van der Waals surface area contributed by atoms with E-state index in [0.717, 1.165) is 6.42 Å². The van der Waals surface area contributed by atoms with Gasteiger partial charge in [-0.25, -0.2) is 4.68 Å². The maximum absolute atomic E-state index is 11.9. The van der Waals surface area contributed by atoms with E-state index in [1.165, 1.54) is 16.4 Å². The number of amides is 1. The minimum atomic E-state index is -0.0910. The molecule has 0 atom stereocenters. The van der Waals surface area contributed by atoms with Crippen molar-refractivity contribution in [3.05, 3.63) is 30.1 Å². The van der Waals surface area contributed by atoms with E-state index in [1.54, 1.807) is 13.2 Å². The number of hydrogen-bond donors (Lipinski definition) is 2. The van der Waals surface area contributed by atoms with Crippen molar-refractivity contribution in [3.63, 3.8) is 0 Å². The SMILES string of the molecule is COc1cccc(OCc2nnc(SCC(=O)NCCCOC(C)C)n2N)c1. The first-order chi connectivity index (χ1) is 13.5. The van der Waals surface area contributed by atoms with E-state index >= 15 is 0 Å². The van der Waals surface area contributed by atoms with E-state index in [0.29, 0.717) is 35.6 Å². The van der Waals surface area contributed by atoms with Crippen molar-refractivity contribution in [3.8, 4) is 11.5 Å². The smallest absolute Gasteiger partial charge is 0.230 e. The molecule has 2 rings (SSSR count). The molecular weight excluding hydrogens is 382 g/mol. The molecule has 0 saturated heterocycles. The van der Waals surface area contributed by atoms with Crippen molar-refractivity contribution in [2.24, 2.45) is 0 Å². The molecule has 0 aliphatic heterocycles. The predicted octanol–water partition coefficient (Wildman–Crippen LogP) is 1.60. The first-order valence-electron chi connectivity index (χ1n) is 8.97. The Bertz CT molecular complexity index is 753. The Morgan fingerprint density at radius 2 is 2.11 bits per heavy atom. The Kier molecular flexibility index (Phi) is 8.89. The number of nitrogens with one attached hydrogen (secondary N) is 1. The summed E-state index contributed by atoms with van der Waals surface area (Å²) in [6, 6.07) is 7.24. The van der Waals surface area contributed by atoms with Crippen LogP contribution in [-0.4, -0.2) is 52.9 Å². The molecular formula is C18H27N5O4S. The highest BCUT2D eigenvalue weighted by Crippen LogP contribution is 2.20. The van der Waals surface area contributed by atoms with Gasteiger partial charge in [-0.3, -0.25) is 4.79 Å². The van der Waals surface area contributed by atoms with Crippen LogP contribution in [0.15, 0.2) is 29.4 Å². The van der Waals surface area contributed by atoms with Gasteiger partial charge in [-0.05, 0) is 32.4 Å². The summed E-state index contributed by atoms with van der Waals surface area (Å²) in [5.74, 6) is 7.90. The molecule has 0 fully saturated rings. The summed E-state index contributed by atoms with van der Waals surface area (Å²) >= 11 is 1.22. The second-order valence-electron chi connectivity index (χ2n) is 6.15. The number of ether oxygens (including phenoxy) is 3. The van der Waals surface area contributed by atoms with Gasteiger partial charge in [0, 0.05) is 19.2 Å². The maximum atomic E-state index is 11.9. The lowest BCUT2D eigenvalue weighted by Crippen LogP contribution is -2.27. The highest BCUT2D eigenvalue weighted by atomic mass is 32.2. The number of carbonyl (C=O) groups excluding carboxylic acids is 1. The molecule has 3 N–H and O–H groups in total. The van der Waals surface area contributed by atoms with Gasteiger partial charge in [0.2, 0.25) is 11.1 Å². The van der Waals surface area contributed by atoms with E-state index in [9.17, 15) is 4.79 Å². The van der Waals surface area contributed by atoms with Gasteiger partial charge in [-0.2, -0.15) is 0 Å². The lowest BCUT2D eigenvalue weighted by Gasteiger charge is -2.08. The Morgan fingerprint density at radius 3 is 2.86 bits per heavy atom. The van der Waals surface area contributed by atoms with Crippen LogP contribution in [0.2, 0.25) is 0 Å². The largest absolute Gasteiger partial charge is 0.497 e. The molecule has 0 bridgehead atoms. The number of aromatic nitrogens is 3. The molecule has 0 saturated carbocycles. The van der Waals surface area contributed by atoms with E-state index in [2.05, 4.69) is 15.5 Å². The number of nitrogen functional groups attached to an aromatic ring is 1. The number of hydrogen-bond acceptors (Lipinski definition) is 8. The summed E-state index contributed by atoms with van der Waals surface area (Å²) in [6.45, 7) is 5.31. The van der Waals surface area contributed by atoms with E-state index in [-0.39, 0.29) is 24.4 Å². The number of carbonyl (C=O) groups is 1. The van der Waals surface area contributed by atoms with Crippen molar-refractivity contribution in [1.29, 1.82) is 0 Å². The molecule has 0 aliphatic carbocycles. The summed E-state index contributed by atoms with van der Waals surface area (Å²) in [5.41, 5.74) is 0. The van der Waals surface area contributed by atoms with Crippen LogP contribution >= 0.6 is 11.8 Å². The van der Waals surface area contributed by atoms with Gasteiger partial charge in [0.05, 0.1) is 19.0 Å². The molecule has 1 amide bonds. The van der Waals surface area contributed by atoms with E-state index < -0.39 is 0 Å². The zero-order chi connectivity index (χ0) is 20.4. The van der Waals surface area contributed by atoms with Gasteiger partial charge in [0.25, 0.3) is 0 Å². The Labute approximate surface area is 168 Å². The highest BCUT2D eigenvalue weighted by molar-refractivity contribution is 7.99. The second-order valence-corrected chi connectivity index (χ2v) is 7.09. The first kappa shape index (κ1) is 21.8. The van der Waals surface area contributed by atoms with Crippen LogP contribution in [0.4, 0.5) is 0 Å². The lowest BCUT2D eigenvalue weighted by atomic mass is 10.3. The maximum Gasteiger partial charge on any atom is 0.230 e. The molecule has 0 spiro atoms. The number of rotatable bonds is 12. The van der Waals surface area contributed by atoms with Crippen molar-refractivity contribution in [2.45, 2.75) is 38.1 Å². The average molecular weight is 410 g/mol. The van der Waals surface area contributed by atoms with Gasteiger partial charge >= 0.3 is 0 Å². The van der Waals surface area contributed by atoms with Crippen LogP contribution < -0.4 is 20.6 Å². The van der Waals surface area contributed by atoms with Crippen molar-refractivity contribution >= 4 is 17.7 Å². The summed E-state index contributed by atoms with van der Waals surface area (Å²) in [6.07, 6.45) is 0.970. The van der Waals surface area contributed by atoms with Crippen LogP contribution in [0.1, 0.15) is 26.1 Å². The Hall–Kier alpha value is -2.46. The van der Waals surface area contributed by atoms with Gasteiger partial charge in [-0.1, -0.05) is 17.8 Å². The fraction of sp³-hybridized carbons (Fsp3) is 0.500. The van der Waals surface area contributed by atoms with Crippen LogP contribution in [0.25, 0.3) is 0 Å². The van der Waals surface area contributed by atoms with Crippen LogP contribution in [0, 0.1) is 0 Å². The quantitative estimate of drug-likeness (QED) is 0.309. The second kappa shape index (κ2) is 11.4. The summed E-state index contributed by atoms with van der Waals surface area (Å²) in [7, 11) is 1.59. The number of thioether (sulfide) groups is 1. The fourth-order valence-electron chi connectivity index (χ4n) is 2.14. The van der Waals surface area contributed by atoms with Gasteiger partial charge < -0.3 is 25.4 Å². The first-order valence-corrected chi connectivity index (χ1v) is 9.95. The van der Waals surface area contributed by atoms with Crippen molar-refractivity contribution in [1.82, 2.24) is 20.2 Å². The zero-order valence-electron chi connectivity index (χ0n) is 16.4. The molecule has 0 aliphatic rings. The third kappa shape index (κ3) is 7.28. The van der Waals surface area contributed by atoms with Crippen molar-refractivity contribution < 1.29 is 19.0 Å². The standard InChI is InChI=1S/C18H27N5O4S/c1-13(2)26-9-5-8-20-17(24)12-28-18-22-21-16(23(18)19)11-27-15-7-4-6-14(10-15)25-3/h4,6-7,10,13H,5,8-9,11-12,19H2,1-3H3,(H,20,24). The van der Waals surface area contributed by atoms with Crippen LogP contribution in [0.3, 0.4) is 0 Å². The Balaban J connectivity index is 1.73. The highest BCUT2D eigenvalue weighted by Gasteiger charge is 2.13. The molecule has 1 aromatic heterocycles. The third-order valence-electron chi connectivity index (χ3n) is 3.57. The van der Waals surface area contributed by atoms with Gasteiger partial charge in [0.1, 0.15) is 18.1 Å². The molecule has 1 aromatic carbocycles. The lowest BCUT2D eigenvalue weighted by molar-refractivity contribution is -0.118. The molecule has 2 aromatic rings. The number of nitrogens with zero attached hydrogens (tertiary/aromatic N) is 3. The summed E-state index contributed by atoms with van der Waals surface area (Å²) < 4.78 is 17.6. The predicted molar refractivity (Wildman–Crippen MR) is 107 cm³/mol. The molecule has 10 heteroatoms. The summed E-state index contributed by atoms with van der Waals surface area (Å²) in [4.78, 5) is 11.9. The topological polar surface area (TPSA) is 114 Å². The monoisotopic (exact) mass is 409 g/mol. The number of benzene rings is 1. The van der Waals surface area contributed by atoms with Crippen LogP contribution in [-0.2, 0) is 16.1 Å². The van der Waals surface area contributed by atoms with Crippen molar-refractivity contribution in [2.75, 3.05) is 31.9 Å². The third-order valence-corrected chi connectivity index (χ3v) is 4.51. The Morgan fingerprint density at radius 1 is 1.32 bits per heavy atom. The molecule has 28 heavy (non-hydrogen) atoms. The number of nitrogens with two attached hydrogens (primary N) is 1. The van der Waals surface area contributed by atoms with E-state index in [4.69, 9.17) is 20.1 Å². The molecule has 1 heterocycles. The zero-order valence-corrected chi connectivity index (χ0v) is 17.2. The fourth-order valence-corrected chi connectivity index (χ4v) is 2.85. The molecule has 0 radical (unpaired) electrons. The minimum absolute atomic E-state index is 0.0910. The molecule has 0 unspecified atom stereocenters. The number of methoxy groups -OCH3 is 1. The van der Waals surface area contributed by atoms with Gasteiger partial charge in [-0.15, -0.1) is 10.2 Å². The molecule has 154 valence electrons. The normalized spacial score (nSPS) is 10.9. The average Bonchev–Trinajstić information content (AvgIpc) is 3.04. The van der Waals surface area contributed by atoms with Crippen LogP contribution in [0.5, 0.6) is 11.5 Å².